The lowest BCUT2D eigenvalue weighted by molar-refractivity contribution is 0.00158. The zero-order chi connectivity index (χ0) is 19.5. The summed E-state index contributed by atoms with van der Waals surface area (Å²) < 4.78 is 5.45. The lowest BCUT2D eigenvalue weighted by atomic mass is 10.0. The van der Waals surface area contributed by atoms with Gasteiger partial charge in [0.15, 0.2) is 0 Å². The van der Waals surface area contributed by atoms with E-state index in [1.807, 2.05) is 17.0 Å². The minimum atomic E-state index is 0.117. The Hall–Kier alpha value is -1.70. The Morgan fingerprint density at radius 1 is 1.07 bits per heavy atom. The molecule has 0 N–H and O–H groups in total. The predicted molar refractivity (Wildman–Crippen MR) is 110 cm³/mol. The smallest absolute Gasteiger partial charge is 0.255 e. The quantitative estimate of drug-likeness (QED) is 0.776. The topological polar surface area (TPSA) is 52.2 Å². The van der Waals surface area contributed by atoms with Gasteiger partial charge in [-0.2, -0.15) is 0 Å². The number of amides is 1. The van der Waals surface area contributed by atoms with Crippen LogP contribution in [0.25, 0.3) is 0 Å². The highest BCUT2D eigenvalue weighted by Crippen LogP contribution is 2.21. The fourth-order valence-corrected chi connectivity index (χ4v) is 4.52. The van der Waals surface area contributed by atoms with E-state index in [0.717, 1.165) is 77.7 Å². The molecule has 0 aromatic carbocycles. The molecular formula is C21H33N5O2. The van der Waals surface area contributed by atoms with Crippen molar-refractivity contribution in [2.45, 2.75) is 31.8 Å². The molecule has 1 unspecified atom stereocenters. The second-order valence-corrected chi connectivity index (χ2v) is 8.35. The number of rotatable bonds is 3. The minimum Gasteiger partial charge on any atom is -0.379 e. The van der Waals surface area contributed by atoms with Crippen LogP contribution >= 0.6 is 0 Å². The summed E-state index contributed by atoms with van der Waals surface area (Å²) in [6, 6.07) is 5.06. The normalized spacial score (nSPS) is 25.9. The lowest BCUT2D eigenvalue weighted by Gasteiger charge is -2.40. The van der Waals surface area contributed by atoms with E-state index in [1.165, 1.54) is 0 Å². The number of pyridine rings is 1. The summed E-state index contributed by atoms with van der Waals surface area (Å²) in [4.78, 5) is 26.7. The van der Waals surface area contributed by atoms with Crippen LogP contribution in [-0.2, 0) is 4.74 Å². The van der Waals surface area contributed by atoms with Crippen molar-refractivity contribution >= 4 is 11.7 Å². The van der Waals surface area contributed by atoms with E-state index in [-0.39, 0.29) is 5.91 Å². The van der Waals surface area contributed by atoms with Gasteiger partial charge in [0, 0.05) is 64.1 Å². The molecule has 3 aliphatic rings. The fraction of sp³-hybridized carbons (Fsp3) is 0.714. The van der Waals surface area contributed by atoms with Gasteiger partial charge in [0.2, 0.25) is 0 Å². The van der Waals surface area contributed by atoms with Gasteiger partial charge in [-0.25, -0.2) is 4.98 Å². The number of morpholine rings is 1. The lowest BCUT2D eigenvalue weighted by Crippen LogP contribution is -2.50. The number of hydrogen-bond donors (Lipinski definition) is 0. The molecule has 0 bridgehead atoms. The van der Waals surface area contributed by atoms with Crippen molar-refractivity contribution < 1.29 is 9.53 Å². The third kappa shape index (κ3) is 4.31. The number of likely N-dealkylation sites (tertiary alicyclic amines) is 1. The number of anilines is 1. The first-order valence-electron chi connectivity index (χ1n) is 10.6. The van der Waals surface area contributed by atoms with Gasteiger partial charge in [-0.3, -0.25) is 9.69 Å². The molecule has 1 atom stereocenters. The molecule has 0 spiro atoms. The highest BCUT2D eigenvalue weighted by Gasteiger charge is 2.28. The Balaban J connectivity index is 1.31. The second kappa shape index (κ2) is 8.76. The van der Waals surface area contributed by atoms with Crippen LogP contribution in [0, 0.1) is 0 Å². The maximum Gasteiger partial charge on any atom is 0.255 e. The van der Waals surface area contributed by atoms with Crippen LogP contribution in [0.3, 0.4) is 0 Å². The van der Waals surface area contributed by atoms with E-state index >= 15 is 0 Å². The van der Waals surface area contributed by atoms with Crippen molar-refractivity contribution in [2.24, 2.45) is 0 Å². The number of carbonyl (C=O) groups is 1. The van der Waals surface area contributed by atoms with Crippen LogP contribution in [-0.4, -0.2) is 104 Å². The Labute approximate surface area is 168 Å². The Bertz CT molecular complexity index is 653. The summed E-state index contributed by atoms with van der Waals surface area (Å²) in [7, 11) is 2.17. The molecule has 7 nitrogen and oxygen atoms in total. The van der Waals surface area contributed by atoms with Crippen LogP contribution in [0.5, 0.6) is 0 Å². The molecule has 3 aliphatic heterocycles. The maximum absolute atomic E-state index is 12.9. The second-order valence-electron chi connectivity index (χ2n) is 8.35. The molecule has 1 amide bonds. The molecule has 28 heavy (non-hydrogen) atoms. The van der Waals surface area contributed by atoms with Crippen molar-refractivity contribution in [3.63, 3.8) is 0 Å². The van der Waals surface area contributed by atoms with Crippen molar-refractivity contribution in [1.29, 1.82) is 0 Å². The van der Waals surface area contributed by atoms with Crippen molar-refractivity contribution in [3.05, 3.63) is 23.9 Å². The zero-order valence-electron chi connectivity index (χ0n) is 17.2. The largest absolute Gasteiger partial charge is 0.379 e. The monoisotopic (exact) mass is 387 g/mol. The van der Waals surface area contributed by atoms with E-state index in [4.69, 9.17) is 4.74 Å². The molecule has 4 rings (SSSR count). The number of nitrogens with zero attached hydrogens (tertiary/aromatic N) is 5. The summed E-state index contributed by atoms with van der Waals surface area (Å²) in [5.41, 5.74) is 0.704. The van der Waals surface area contributed by atoms with Crippen LogP contribution in [0.4, 0.5) is 5.82 Å². The van der Waals surface area contributed by atoms with Crippen LogP contribution < -0.4 is 4.90 Å². The van der Waals surface area contributed by atoms with E-state index in [0.29, 0.717) is 17.6 Å². The number of piperidine rings is 1. The van der Waals surface area contributed by atoms with E-state index < -0.39 is 0 Å². The van der Waals surface area contributed by atoms with Gasteiger partial charge in [0.25, 0.3) is 5.91 Å². The van der Waals surface area contributed by atoms with Crippen molar-refractivity contribution in [3.8, 4) is 0 Å². The standard InChI is InChI=1S/C21H33N5O2/c1-17-16-26(10-9-23(17)2)20-4-3-18(15-22-20)21(27)25-7-5-19(6-8-25)24-11-13-28-14-12-24/h3-4,15,17,19H,5-14,16H2,1-2H3. The molecule has 4 heterocycles. The minimum absolute atomic E-state index is 0.117. The van der Waals surface area contributed by atoms with Crippen LogP contribution in [0.15, 0.2) is 18.3 Å². The maximum atomic E-state index is 12.9. The van der Waals surface area contributed by atoms with Gasteiger partial charge >= 0.3 is 0 Å². The molecule has 3 fully saturated rings. The Kier molecular flexibility index (Phi) is 6.13. The van der Waals surface area contributed by atoms with Gasteiger partial charge in [-0.15, -0.1) is 0 Å². The SMILES string of the molecule is CC1CN(c2ccc(C(=O)N3CCC(N4CCOCC4)CC3)cn2)CCN1C. The molecule has 154 valence electrons. The highest BCUT2D eigenvalue weighted by molar-refractivity contribution is 5.94. The zero-order valence-corrected chi connectivity index (χ0v) is 17.2. The molecule has 0 aliphatic carbocycles. The first kappa shape index (κ1) is 19.6. The van der Waals surface area contributed by atoms with Gasteiger partial charge in [0.1, 0.15) is 5.82 Å². The third-order valence-electron chi connectivity index (χ3n) is 6.59. The van der Waals surface area contributed by atoms with Gasteiger partial charge in [-0.1, -0.05) is 0 Å². The number of likely N-dealkylation sites (N-methyl/N-ethyl adjacent to an activating group) is 1. The van der Waals surface area contributed by atoms with E-state index in [9.17, 15) is 4.79 Å². The van der Waals surface area contributed by atoms with Crippen molar-refractivity contribution in [1.82, 2.24) is 19.7 Å². The molecule has 1 aromatic heterocycles. The number of carbonyl (C=O) groups excluding carboxylic acids is 1. The number of piperazine rings is 1. The highest BCUT2D eigenvalue weighted by atomic mass is 16.5. The molecule has 0 saturated carbocycles. The fourth-order valence-electron chi connectivity index (χ4n) is 4.52. The first-order chi connectivity index (χ1) is 13.6. The Morgan fingerprint density at radius 2 is 1.82 bits per heavy atom. The van der Waals surface area contributed by atoms with Gasteiger partial charge in [0.05, 0.1) is 18.8 Å². The first-order valence-corrected chi connectivity index (χ1v) is 10.6. The molecule has 7 heteroatoms. The van der Waals surface area contributed by atoms with E-state index in [2.05, 4.69) is 33.7 Å². The van der Waals surface area contributed by atoms with Crippen LogP contribution in [0.2, 0.25) is 0 Å². The van der Waals surface area contributed by atoms with Gasteiger partial charge in [-0.05, 0) is 38.9 Å². The molecule has 1 aromatic rings. The predicted octanol–water partition coefficient (Wildman–Crippen LogP) is 1.16. The molecule has 0 radical (unpaired) electrons. The average Bonchev–Trinajstić information content (AvgIpc) is 2.76. The molecular weight excluding hydrogens is 354 g/mol. The van der Waals surface area contributed by atoms with E-state index in [1.54, 1.807) is 6.20 Å². The average molecular weight is 388 g/mol. The van der Waals surface area contributed by atoms with Crippen molar-refractivity contribution in [2.75, 3.05) is 71.0 Å². The summed E-state index contributed by atoms with van der Waals surface area (Å²) in [6.07, 6.45) is 3.86. The summed E-state index contributed by atoms with van der Waals surface area (Å²) in [5.74, 6) is 1.09. The number of aromatic nitrogens is 1. The summed E-state index contributed by atoms with van der Waals surface area (Å²) in [6.45, 7) is 10.6. The summed E-state index contributed by atoms with van der Waals surface area (Å²) in [5, 5.41) is 0. The number of ether oxygens (including phenoxy) is 1. The van der Waals surface area contributed by atoms with Crippen LogP contribution in [0.1, 0.15) is 30.1 Å². The summed E-state index contributed by atoms with van der Waals surface area (Å²) >= 11 is 0. The van der Waals surface area contributed by atoms with Gasteiger partial charge < -0.3 is 19.4 Å². The Morgan fingerprint density at radius 3 is 2.46 bits per heavy atom. The third-order valence-corrected chi connectivity index (χ3v) is 6.59. The molecule has 3 saturated heterocycles. The number of hydrogen-bond acceptors (Lipinski definition) is 6.